The van der Waals surface area contributed by atoms with Gasteiger partial charge in [0.05, 0.1) is 6.04 Å². The van der Waals surface area contributed by atoms with E-state index >= 15 is 0 Å². The minimum atomic E-state index is -3.65. The summed E-state index contributed by atoms with van der Waals surface area (Å²) in [5, 5.41) is 3.70. The molecule has 0 aliphatic carbocycles. The van der Waals surface area contributed by atoms with Crippen LogP contribution in [0, 0.1) is 13.8 Å². The number of piperazine rings is 1. The highest BCUT2D eigenvalue weighted by Gasteiger charge is 2.34. The van der Waals surface area contributed by atoms with Gasteiger partial charge in [0.25, 0.3) is 0 Å². The Labute approximate surface area is 148 Å². The summed E-state index contributed by atoms with van der Waals surface area (Å²) in [4.78, 5) is 14.0. The Kier molecular flexibility index (Phi) is 7.21. The van der Waals surface area contributed by atoms with E-state index in [0.29, 0.717) is 25.2 Å². The van der Waals surface area contributed by atoms with E-state index in [1.807, 2.05) is 6.92 Å². The Balaban J connectivity index is 0.00000288. The molecule has 24 heavy (non-hydrogen) atoms. The predicted octanol–water partition coefficient (Wildman–Crippen LogP) is 0.674. The zero-order valence-electron chi connectivity index (χ0n) is 14.2. The molecule has 1 aliphatic heterocycles. The number of sulfonamides is 1. The molecule has 2 heterocycles. The molecule has 1 fully saturated rings. The smallest absolute Gasteiger partial charge is 0.248 e. The highest BCUT2D eigenvalue weighted by Crippen LogP contribution is 2.24. The van der Waals surface area contributed by atoms with Crippen molar-refractivity contribution < 1.29 is 17.7 Å². The number of hydrogen-bond donors (Lipinski definition) is 1. The van der Waals surface area contributed by atoms with E-state index in [2.05, 4.69) is 5.16 Å². The van der Waals surface area contributed by atoms with E-state index in [-0.39, 0.29) is 42.1 Å². The van der Waals surface area contributed by atoms with Crippen LogP contribution in [0.5, 0.6) is 0 Å². The monoisotopic (exact) mass is 380 g/mol. The molecule has 1 unspecified atom stereocenters. The van der Waals surface area contributed by atoms with Crippen molar-refractivity contribution in [3.63, 3.8) is 0 Å². The third-order valence-corrected chi connectivity index (χ3v) is 6.18. The van der Waals surface area contributed by atoms with Crippen molar-refractivity contribution in [2.45, 2.75) is 44.6 Å². The summed E-state index contributed by atoms with van der Waals surface area (Å²) in [5.41, 5.74) is 6.20. The molecule has 10 heteroatoms. The molecule has 1 aromatic heterocycles. The first-order chi connectivity index (χ1) is 10.8. The molecule has 1 atom stereocenters. The summed E-state index contributed by atoms with van der Waals surface area (Å²) in [5.74, 6) is 0.173. The maximum atomic E-state index is 12.7. The number of carbonyl (C=O) groups excluding carboxylic acids is 1. The van der Waals surface area contributed by atoms with Crippen molar-refractivity contribution in [3.8, 4) is 0 Å². The Morgan fingerprint density at radius 2 is 1.88 bits per heavy atom. The van der Waals surface area contributed by atoms with E-state index < -0.39 is 16.1 Å². The van der Waals surface area contributed by atoms with Gasteiger partial charge in [0.15, 0.2) is 5.76 Å². The molecule has 0 bridgehead atoms. The highest BCUT2D eigenvalue weighted by molar-refractivity contribution is 7.89. The predicted molar refractivity (Wildman–Crippen MR) is 91.4 cm³/mol. The van der Waals surface area contributed by atoms with Gasteiger partial charge >= 0.3 is 0 Å². The highest BCUT2D eigenvalue weighted by atomic mass is 35.5. The van der Waals surface area contributed by atoms with Crippen molar-refractivity contribution in [2.24, 2.45) is 5.73 Å². The van der Waals surface area contributed by atoms with Crippen LogP contribution in [-0.2, 0) is 14.8 Å². The largest absolute Gasteiger partial charge is 0.360 e. The number of aryl methyl sites for hydroxylation is 2. The normalized spacial score (nSPS) is 17.4. The molecule has 0 radical (unpaired) electrons. The van der Waals surface area contributed by atoms with Gasteiger partial charge in [-0.3, -0.25) is 4.79 Å². The molecule has 1 aromatic rings. The van der Waals surface area contributed by atoms with Gasteiger partial charge in [0.1, 0.15) is 10.6 Å². The number of aromatic nitrogens is 1. The molecule has 0 saturated carbocycles. The molecule has 1 amide bonds. The molecule has 2 rings (SSSR count). The fraction of sp³-hybridized carbons (Fsp3) is 0.714. The summed E-state index contributed by atoms with van der Waals surface area (Å²) in [6.07, 6.45) is 1.48. The fourth-order valence-corrected chi connectivity index (χ4v) is 4.50. The fourth-order valence-electron chi connectivity index (χ4n) is 2.79. The van der Waals surface area contributed by atoms with Gasteiger partial charge in [0.2, 0.25) is 15.9 Å². The maximum absolute atomic E-state index is 12.7. The Bertz CT molecular complexity index is 649. The van der Waals surface area contributed by atoms with Gasteiger partial charge in [-0.2, -0.15) is 4.31 Å². The molecule has 0 spiro atoms. The van der Waals surface area contributed by atoms with Crippen molar-refractivity contribution in [3.05, 3.63) is 11.5 Å². The molecular formula is C14H25ClN4O4S. The zero-order valence-corrected chi connectivity index (χ0v) is 15.8. The third-order valence-electron chi connectivity index (χ3n) is 4.03. The quantitative estimate of drug-likeness (QED) is 0.804. The van der Waals surface area contributed by atoms with Crippen LogP contribution in [0.1, 0.15) is 31.2 Å². The van der Waals surface area contributed by atoms with Crippen LogP contribution in [-0.4, -0.2) is 60.9 Å². The van der Waals surface area contributed by atoms with Crippen LogP contribution >= 0.6 is 12.4 Å². The van der Waals surface area contributed by atoms with Gasteiger partial charge in [-0.1, -0.05) is 18.5 Å². The van der Waals surface area contributed by atoms with E-state index in [4.69, 9.17) is 10.3 Å². The number of amides is 1. The van der Waals surface area contributed by atoms with Crippen molar-refractivity contribution >= 4 is 28.3 Å². The van der Waals surface area contributed by atoms with Crippen LogP contribution in [0.25, 0.3) is 0 Å². The van der Waals surface area contributed by atoms with E-state index in [0.717, 1.165) is 6.42 Å². The van der Waals surface area contributed by atoms with E-state index in [1.54, 1.807) is 18.7 Å². The Hall–Kier alpha value is -1.16. The van der Waals surface area contributed by atoms with Gasteiger partial charge in [-0.25, -0.2) is 8.42 Å². The number of rotatable bonds is 5. The topological polar surface area (TPSA) is 110 Å². The lowest BCUT2D eigenvalue weighted by Crippen LogP contribution is -2.54. The average molecular weight is 381 g/mol. The van der Waals surface area contributed by atoms with Crippen LogP contribution in [0.3, 0.4) is 0 Å². The molecule has 0 aromatic carbocycles. The molecule has 138 valence electrons. The van der Waals surface area contributed by atoms with Gasteiger partial charge in [-0.05, 0) is 20.3 Å². The summed E-state index contributed by atoms with van der Waals surface area (Å²) < 4.78 is 31.7. The first kappa shape index (κ1) is 20.9. The number of carbonyl (C=O) groups is 1. The van der Waals surface area contributed by atoms with Gasteiger partial charge in [-0.15, -0.1) is 12.4 Å². The lowest BCUT2D eigenvalue weighted by molar-refractivity contribution is -0.133. The van der Waals surface area contributed by atoms with Crippen LogP contribution in [0.4, 0.5) is 0 Å². The minimum Gasteiger partial charge on any atom is -0.360 e. The molecule has 1 aliphatic rings. The van der Waals surface area contributed by atoms with Crippen LogP contribution < -0.4 is 5.73 Å². The van der Waals surface area contributed by atoms with Gasteiger partial charge < -0.3 is 15.2 Å². The second-order valence-corrected chi connectivity index (χ2v) is 7.65. The minimum absolute atomic E-state index is 0. The second kappa shape index (κ2) is 8.28. The Morgan fingerprint density at radius 3 is 2.33 bits per heavy atom. The van der Waals surface area contributed by atoms with Crippen LogP contribution in [0.15, 0.2) is 9.42 Å². The summed E-state index contributed by atoms with van der Waals surface area (Å²) in [7, 11) is -3.65. The van der Waals surface area contributed by atoms with Crippen molar-refractivity contribution in [1.29, 1.82) is 0 Å². The number of halogens is 1. The number of nitrogens with two attached hydrogens (primary N) is 1. The molecule has 1 saturated heterocycles. The molecule has 8 nitrogen and oxygen atoms in total. The average Bonchev–Trinajstić information content (AvgIpc) is 2.86. The lowest BCUT2D eigenvalue weighted by atomic mass is 10.1. The standard InChI is InChI=1S/C14H24N4O4S.ClH/c1-4-5-12(15)14(19)17-6-8-18(9-7-17)23(20,21)13-10(2)16-22-11(13)3;/h12H,4-9,15H2,1-3H3;1H. The number of hydrogen-bond acceptors (Lipinski definition) is 6. The Morgan fingerprint density at radius 1 is 1.29 bits per heavy atom. The first-order valence-electron chi connectivity index (χ1n) is 7.76. The van der Waals surface area contributed by atoms with Crippen molar-refractivity contribution in [1.82, 2.24) is 14.4 Å². The zero-order chi connectivity index (χ0) is 17.2. The first-order valence-corrected chi connectivity index (χ1v) is 9.20. The third kappa shape index (κ3) is 4.08. The van der Waals surface area contributed by atoms with Gasteiger partial charge in [0, 0.05) is 26.2 Å². The van der Waals surface area contributed by atoms with E-state index in [9.17, 15) is 13.2 Å². The summed E-state index contributed by atoms with van der Waals surface area (Å²) >= 11 is 0. The summed E-state index contributed by atoms with van der Waals surface area (Å²) in [6, 6.07) is -0.509. The van der Waals surface area contributed by atoms with Crippen molar-refractivity contribution in [2.75, 3.05) is 26.2 Å². The molecular weight excluding hydrogens is 356 g/mol. The van der Waals surface area contributed by atoms with E-state index in [1.165, 1.54) is 4.31 Å². The lowest BCUT2D eigenvalue weighted by Gasteiger charge is -2.35. The number of nitrogens with zero attached hydrogens (tertiary/aromatic N) is 3. The molecule has 2 N–H and O–H groups in total. The SMILES string of the molecule is CCCC(N)C(=O)N1CCN(S(=O)(=O)c2c(C)noc2C)CC1.Cl. The maximum Gasteiger partial charge on any atom is 0.248 e. The van der Waals surface area contributed by atoms with Crippen LogP contribution in [0.2, 0.25) is 0 Å². The summed E-state index contributed by atoms with van der Waals surface area (Å²) in [6.45, 7) is 6.34. The second-order valence-electron chi connectivity index (χ2n) is 5.78.